The number of halogens is 1. The van der Waals surface area contributed by atoms with Gasteiger partial charge in [-0.3, -0.25) is 9.79 Å². The Balaban J connectivity index is 0.00000676. The number of aryl methyl sites for hydroxylation is 1. The Morgan fingerprint density at radius 1 is 1.33 bits per heavy atom. The lowest BCUT2D eigenvalue weighted by Gasteiger charge is -2.17. The molecule has 10 heteroatoms. The monoisotopic (exact) mass is 514 g/mol. The molecule has 0 spiro atoms. The van der Waals surface area contributed by atoms with Gasteiger partial charge in [0, 0.05) is 37.5 Å². The molecule has 1 rings (SSSR count). The minimum atomic E-state index is -2.97. The van der Waals surface area contributed by atoms with Crippen LogP contribution in [0.15, 0.2) is 21.7 Å². The van der Waals surface area contributed by atoms with E-state index >= 15 is 0 Å². The zero-order chi connectivity index (χ0) is 19.6. The van der Waals surface area contributed by atoms with E-state index in [9.17, 15) is 13.2 Å². The SMILES string of the molecule is CCNC(=NCCCNC(=O)c1occc1C)NC(C)CCS(C)(=O)=O.I. The summed E-state index contributed by atoms with van der Waals surface area (Å²) in [6.45, 7) is 7.44. The highest BCUT2D eigenvalue weighted by Gasteiger charge is 2.11. The molecule has 0 fully saturated rings. The minimum absolute atomic E-state index is 0. The number of nitrogens with one attached hydrogen (secondary N) is 3. The molecular formula is C17H31IN4O4S. The van der Waals surface area contributed by atoms with Crippen LogP contribution in [0.5, 0.6) is 0 Å². The van der Waals surface area contributed by atoms with Crippen LogP contribution in [0.2, 0.25) is 0 Å². The average molecular weight is 514 g/mol. The zero-order valence-corrected chi connectivity index (χ0v) is 19.5. The maximum atomic E-state index is 11.9. The first-order valence-corrected chi connectivity index (χ1v) is 10.8. The molecule has 1 unspecified atom stereocenters. The summed E-state index contributed by atoms with van der Waals surface area (Å²) in [5.41, 5.74) is 0.808. The predicted octanol–water partition coefficient (Wildman–Crippen LogP) is 1.70. The van der Waals surface area contributed by atoms with Gasteiger partial charge in [-0.2, -0.15) is 0 Å². The highest BCUT2D eigenvalue weighted by atomic mass is 127. The normalized spacial score (nSPS) is 12.8. The van der Waals surface area contributed by atoms with Crippen LogP contribution >= 0.6 is 24.0 Å². The molecule has 0 aliphatic rings. The van der Waals surface area contributed by atoms with E-state index in [0.29, 0.717) is 44.2 Å². The maximum Gasteiger partial charge on any atom is 0.287 e. The molecule has 156 valence electrons. The number of rotatable bonds is 10. The van der Waals surface area contributed by atoms with E-state index < -0.39 is 9.84 Å². The van der Waals surface area contributed by atoms with Crippen LogP contribution in [-0.2, 0) is 9.84 Å². The summed E-state index contributed by atoms with van der Waals surface area (Å²) in [7, 11) is -2.97. The minimum Gasteiger partial charge on any atom is -0.459 e. The number of hydrogen-bond donors (Lipinski definition) is 3. The summed E-state index contributed by atoms with van der Waals surface area (Å²) < 4.78 is 27.6. The number of sulfone groups is 1. The van der Waals surface area contributed by atoms with Crippen molar-refractivity contribution in [3.8, 4) is 0 Å². The predicted molar refractivity (Wildman–Crippen MR) is 119 cm³/mol. The highest BCUT2D eigenvalue weighted by molar-refractivity contribution is 14.0. The fraction of sp³-hybridized carbons (Fsp3) is 0.647. The molecule has 1 aromatic heterocycles. The number of hydrogen-bond acceptors (Lipinski definition) is 5. The van der Waals surface area contributed by atoms with Crippen LogP contribution in [-0.4, -0.2) is 58.0 Å². The van der Waals surface area contributed by atoms with Crippen molar-refractivity contribution < 1.29 is 17.6 Å². The van der Waals surface area contributed by atoms with Crippen molar-refractivity contribution >= 4 is 45.7 Å². The lowest BCUT2D eigenvalue weighted by molar-refractivity contribution is 0.0925. The van der Waals surface area contributed by atoms with E-state index in [1.165, 1.54) is 12.5 Å². The number of carbonyl (C=O) groups excluding carboxylic acids is 1. The quantitative estimate of drug-likeness (QED) is 0.190. The van der Waals surface area contributed by atoms with Crippen molar-refractivity contribution in [1.82, 2.24) is 16.0 Å². The summed E-state index contributed by atoms with van der Waals surface area (Å²) in [5, 5.41) is 9.12. The van der Waals surface area contributed by atoms with Gasteiger partial charge in [0.2, 0.25) is 0 Å². The molecule has 1 aromatic rings. The third-order valence-corrected chi connectivity index (χ3v) is 4.58. The largest absolute Gasteiger partial charge is 0.459 e. The summed E-state index contributed by atoms with van der Waals surface area (Å²) in [4.78, 5) is 16.4. The highest BCUT2D eigenvalue weighted by Crippen LogP contribution is 2.07. The van der Waals surface area contributed by atoms with Crippen molar-refractivity contribution in [2.45, 2.75) is 39.7 Å². The number of carbonyl (C=O) groups is 1. The van der Waals surface area contributed by atoms with Crippen molar-refractivity contribution in [3.05, 3.63) is 23.7 Å². The molecule has 0 saturated heterocycles. The molecule has 1 heterocycles. The van der Waals surface area contributed by atoms with Gasteiger partial charge in [0.15, 0.2) is 11.7 Å². The Labute approximate surface area is 178 Å². The number of aliphatic imine (C=N–C) groups is 1. The summed E-state index contributed by atoms with van der Waals surface area (Å²) in [5.74, 6) is 0.888. The van der Waals surface area contributed by atoms with E-state index in [1.54, 1.807) is 6.07 Å². The van der Waals surface area contributed by atoms with Crippen molar-refractivity contribution in [2.24, 2.45) is 4.99 Å². The average Bonchev–Trinajstić information content (AvgIpc) is 2.98. The maximum absolute atomic E-state index is 11.9. The molecule has 0 saturated carbocycles. The first-order chi connectivity index (χ1) is 12.2. The molecular weight excluding hydrogens is 483 g/mol. The molecule has 0 bridgehead atoms. The molecule has 0 aromatic carbocycles. The summed E-state index contributed by atoms with van der Waals surface area (Å²) >= 11 is 0. The number of nitrogens with zero attached hydrogens (tertiary/aromatic N) is 1. The van der Waals surface area contributed by atoms with Gasteiger partial charge in [0.05, 0.1) is 12.0 Å². The number of furan rings is 1. The lowest BCUT2D eigenvalue weighted by atomic mass is 10.2. The van der Waals surface area contributed by atoms with Crippen LogP contribution < -0.4 is 16.0 Å². The van der Waals surface area contributed by atoms with Gasteiger partial charge in [-0.05, 0) is 39.7 Å². The van der Waals surface area contributed by atoms with Gasteiger partial charge in [0.1, 0.15) is 9.84 Å². The van der Waals surface area contributed by atoms with Crippen LogP contribution in [0, 0.1) is 6.92 Å². The molecule has 0 radical (unpaired) electrons. The van der Waals surface area contributed by atoms with Crippen LogP contribution in [0.1, 0.15) is 42.8 Å². The van der Waals surface area contributed by atoms with Gasteiger partial charge in [-0.1, -0.05) is 0 Å². The van der Waals surface area contributed by atoms with Crippen LogP contribution in [0.4, 0.5) is 0 Å². The zero-order valence-electron chi connectivity index (χ0n) is 16.4. The van der Waals surface area contributed by atoms with E-state index in [0.717, 1.165) is 5.56 Å². The second kappa shape index (κ2) is 13.0. The van der Waals surface area contributed by atoms with Crippen LogP contribution in [0.25, 0.3) is 0 Å². The molecule has 8 nitrogen and oxygen atoms in total. The van der Waals surface area contributed by atoms with Gasteiger partial charge in [-0.25, -0.2) is 8.42 Å². The lowest BCUT2D eigenvalue weighted by Crippen LogP contribution is -2.43. The van der Waals surface area contributed by atoms with Crippen molar-refractivity contribution in [1.29, 1.82) is 0 Å². The van der Waals surface area contributed by atoms with E-state index in [4.69, 9.17) is 4.42 Å². The second-order valence-corrected chi connectivity index (χ2v) is 8.53. The Hall–Kier alpha value is -1.30. The summed E-state index contributed by atoms with van der Waals surface area (Å²) in [6.07, 6.45) is 3.92. The second-order valence-electron chi connectivity index (χ2n) is 6.27. The van der Waals surface area contributed by atoms with Crippen LogP contribution in [0.3, 0.4) is 0 Å². The number of amides is 1. The smallest absolute Gasteiger partial charge is 0.287 e. The van der Waals surface area contributed by atoms with Gasteiger partial charge in [0.25, 0.3) is 5.91 Å². The van der Waals surface area contributed by atoms with Gasteiger partial charge in [-0.15, -0.1) is 24.0 Å². The first-order valence-electron chi connectivity index (χ1n) is 8.77. The Morgan fingerprint density at radius 3 is 2.59 bits per heavy atom. The van der Waals surface area contributed by atoms with E-state index in [-0.39, 0.29) is 41.7 Å². The Kier molecular flexibility index (Phi) is 12.4. The van der Waals surface area contributed by atoms with E-state index in [1.807, 2.05) is 20.8 Å². The third kappa shape index (κ3) is 11.2. The Bertz CT molecular complexity index is 704. The topological polar surface area (TPSA) is 113 Å². The standard InChI is InChI=1S/C17H30N4O4S.HI/c1-5-18-17(21-14(3)8-12-26(4,23)24)20-10-6-9-19-16(22)15-13(2)7-11-25-15;/h7,11,14H,5-6,8-10,12H2,1-4H3,(H,19,22)(H2,18,20,21);1H. The summed E-state index contributed by atoms with van der Waals surface area (Å²) in [6, 6.07) is 1.74. The molecule has 0 aliphatic carbocycles. The molecule has 3 N–H and O–H groups in total. The van der Waals surface area contributed by atoms with Gasteiger partial charge >= 0.3 is 0 Å². The fourth-order valence-electron chi connectivity index (χ4n) is 2.17. The Morgan fingerprint density at radius 2 is 2.04 bits per heavy atom. The molecule has 1 amide bonds. The molecule has 1 atom stereocenters. The van der Waals surface area contributed by atoms with Crippen molar-refractivity contribution in [2.75, 3.05) is 31.6 Å². The first kappa shape index (κ1) is 25.7. The van der Waals surface area contributed by atoms with Gasteiger partial charge < -0.3 is 20.4 Å². The number of guanidine groups is 1. The molecule has 27 heavy (non-hydrogen) atoms. The van der Waals surface area contributed by atoms with E-state index in [2.05, 4.69) is 20.9 Å². The van der Waals surface area contributed by atoms with Crippen molar-refractivity contribution in [3.63, 3.8) is 0 Å². The third-order valence-electron chi connectivity index (χ3n) is 3.61. The fourth-order valence-corrected chi connectivity index (χ4v) is 2.96. The molecule has 0 aliphatic heterocycles.